The van der Waals surface area contributed by atoms with Crippen LogP contribution in [0.5, 0.6) is 0 Å². The summed E-state index contributed by atoms with van der Waals surface area (Å²) < 4.78 is 93.2. The molecule has 194 valence electrons. The molecule has 3 rings (SSSR count). The Morgan fingerprint density at radius 2 is 1.17 bits per heavy atom. The van der Waals surface area contributed by atoms with Crippen LogP contribution in [-0.2, 0) is 10.1 Å². The van der Waals surface area contributed by atoms with Gasteiger partial charge in [0.2, 0.25) is 7.49 Å². The molecule has 2 aromatic carbocycles. The van der Waals surface area contributed by atoms with Crippen LogP contribution in [0.15, 0.2) is 36.4 Å². The molecule has 0 bridgehead atoms. The molecule has 35 heavy (non-hydrogen) atoms. The number of hydrogen-bond acceptors (Lipinski definition) is 1. The van der Waals surface area contributed by atoms with Crippen molar-refractivity contribution < 1.29 is 30.9 Å². The van der Waals surface area contributed by atoms with Crippen LogP contribution in [0.25, 0.3) is 0 Å². The summed E-state index contributed by atoms with van der Waals surface area (Å²) in [5.74, 6) is -0.104. The average molecular weight is 520 g/mol. The number of benzene rings is 2. The molecule has 0 amide bonds. The van der Waals surface area contributed by atoms with Gasteiger partial charge in [0, 0.05) is 11.1 Å². The van der Waals surface area contributed by atoms with Crippen molar-refractivity contribution in [2.45, 2.75) is 96.8 Å². The molecule has 1 heterocycles. The quantitative estimate of drug-likeness (QED) is 0.284. The van der Waals surface area contributed by atoms with Crippen LogP contribution in [0.2, 0.25) is 0 Å². The van der Waals surface area contributed by atoms with E-state index < -0.39 is 36.7 Å². The topological polar surface area (TPSA) is 9.23 Å². The Hall–Kier alpha value is -1.59. The molecule has 0 N–H and O–H groups in total. The van der Waals surface area contributed by atoms with Gasteiger partial charge in [-0.3, -0.25) is 0 Å². The van der Waals surface area contributed by atoms with Crippen LogP contribution in [0.4, 0.5) is 26.3 Å². The van der Waals surface area contributed by atoms with Crippen LogP contribution in [-0.4, -0.2) is 18.0 Å². The lowest BCUT2D eigenvalue weighted by Crippen LogP contribution is -2.54. The zero-order chi connectivity index (χ0) is 26.7. The lowest BCUT2D eigenvalue weighted by atomic mass is 9.89. The van der Waals surface area contributed by atoms with Gasteiger partial charge in [-0.1, -0.05) is 71.9 Å². The Balaban J connectivity index is 2.59. The van der Waals surface area contributed by atoms with Crippen LogP contribution in [0.1, 0.15) is 95.4 Å². The summed E-state index contributed by atoms with van der Waals surface area (Å²) in [6.07, 6.45) is -11.4. The molecule has 8 heteroatoms. The molecule has 1 unspecified atom stereocenters. The Morgan fingerprint density at radius 3 is 1.54 bits per heavy atom. The fraction of sp³-hybridized carbons (Fsp3) is 0.556. The van der Waals surface area contributed by atoms with Crippen molar-refractivity contribution in [3.05, 3.63) is 58.7 Å². The lowest BCUT2D eigenvalue weighted by molar-refractivity contribution is -0.362. The first-order valence-electron chi connectivity index (χ1n) is 11.9. The summed E-state index contributed by atoms with van der Waals surface area (Å²) in [4.78, 5) is 0. The Labute approximate surface area is 204 Å². The summed E-state index contributed by atoms with van der Waals surface area (Å²) >= 11 is 0. The maximum absolute atomic E-state index is 14.6. The van der Waals surface area contributed by atoms with Crippen LogP contribution in [0, 0.1) is 0 Å². The van der Waals surface area contributed by atoms with Gasteiger partial charge >= 0.3 is 18.0 Å². The minimum Gasteiger partial charge on any atom is -0.196 e. The molecule has 0 saturated heterocycles. The lowest BCUT2D eigenvalue weighted by Gasteiger charge is -2.36. The predicted octanol–water partition coefficient (Wildman–Crippen LogP) is 8.70. The van der Waals surface area contributed by atoms with Gasteiger partial charge in [-0.05, 0) is 43.2 Å². The maximum atomic E-state index is 14.6. The van der Waals surface area contributed by atoms with Crippen molar-refractivity contribution in [1.82, 2.24) is 0 Å². The molecular formula is C27H34F6OP+. The highest BCUT2D eigenvalue weighted by atomic mass is 31.2. The molecular weight excluding hydrogens is 485 g/mol. The largest absolute Gasteiger partial charge is 0.435 e. The second kappa shape index (κ2) is 9.06. The highest BCUT2D eigenvalue weighted by molar-refractivity contribution is 7.86. The van der Waals surface area contributed by atoms with Gasteiger partial charge in [-0.15, -0.1) is 0 Å². The summed E-state index contributed by atoms with van der Waals surface area (Å²) in [5.41, 5.74) is -3.30. The van der Waals surface area contributed by atoms with E-state index in [1.54, 1.807) is 13.8 Å². The SMILES string of the molecule is CC(C)c1cc(C(C)C)c([P+]2(C(C)C)OC(C(F)(F)F)(C(F)(F)F)c3ccccc32)c(C(C)C)c1. The standard InChI is InChI=1S/C27H34F6OP/c1-15(2)19-13-20(16(3)4)24(21(14-19)17(5)6)35(18(7)8)23-12-10-9-11-22(23)25(34-35,26(28,29)30)27(31,32)33/h9-18H,1-8H3/q+1. The van der Waals surface area contributed by atoms with E-state index in [1.807, 2.05) is 53.7 Å². The Morgan fingerprint density at radius 1 is 0.714 bits per heavy atom. The molecule has 2 aromatic rings. The van der Waals surface area contributed by atoms with E-state index in [-0.39, 0.29) is 23.1 Å². The van der Waals surface area contributed by atoms with Crippen molar-refractivity contribution in [1.29, 1.82) is 0 Å². The fourth-order valence-electron chi connectivity index (χ4n) is 5.05. The highest BCUT2D eigenvalue weighted by Crippen LogP contribution is 2.76. The average Bonchev–Trinajstić information content (AvgIpc) is 3.06. The van der Waals surface area contributed by atoms with E-state index in [9.17, 15) is 26.3 Å². The molecule has 1 nitrogen and oxygen atoms in total. The molecule has 0 aromatic heterocycles. The van der Waals surface area contributed by atoms with Crippen molar-refractivity contribution >= 4 is 18.1 Å². The first-order chi connectivity index (χ1) is 15.9. The van der Waals surface area contributed by atoms with Crippen molar-refractivity contribution in [3.63, 3.8) is 0 Å². The molecule has 0 spiro atoms. The van der Waals surface area contributed by atoms with E-state index >= 15 is 0 Å². The van der Waals surface area contributed by atoms with Gasteiger partial charge in [0.1, 0.15) is 16.3 Å². The van der Waals surface area contributed by atoms with Crippen LogP contribution < -0.4 is 10.6 Å². The fourth-order valence-corrected chi connectivity index (χ4v) is 9.82. The normalized spacial score (nSPS) is 20.4. The minimum absolute atomic E-state index is 0.0331. The zero-order valence-corrected chi connectivity index (χ0v) is 22.3. The van der Waals surface area contributed by atoms with Gasteiger partial charge in [0.15, 0.2) is 0 Å². The van der Waals surface area contributed by atoms with Gasteiger partial charge in [-0.25, -0.2) is 0 Å². The summed E-state index contributed by atoms with van der Waals surface area (Å²) in [6, 6.07) is 8.99. The van der Waals surface area contributed by atoms with E-state index in [0.29, 0.717) is 5.30 Å². The summed E-state index contributed by atoms with van der Waals surface area (Å²) in [5, 5.41) is 0.565. The highest BCUT2D eigenvalue weighted by Gasteiger charge is 2.84. The third kappa shape index (κ3) is 4.11. The van der Waals surface area contributed by atoms with Crippen molar-refractivity contribution in [2.24, 2.45) is 0 Å². The predicted molar refractivity (Wildman–Crippen MR) is 131 cm³/mol. The molecule has 1 aliphatic heterocycles. The molecule has 1 atom stereocenters. The Bertz CT molecular complexity index is 1040. The van der Waals surface area contributed by atoms with Gasteiger partial charge in [0.05, 0.1) is 5.56 Å². The third-order valence-electron chi connectivity index (χ3n) is 6.88. The van der Waals surface area contributed by atoms with E-state index in [4.69, 9.17) is 4.52 Å². The van der Waals surface area contributed by atoms with Crippen LogP contribution >= 0.6 is 7.49 Å². The van der Waals surface area contributed by atoms with Crippen molar-refractivity contribution in [2.75, 3.05) is 0 Å². The summed E-state index contributed by atoms with van der Waals surface area (Å²) in [7, 11) is -3.65. The monoisotopic (exact) mass is 519 g/mol. The van der Waals surface area contributed by atoms with E-state index in [0.717, 1.165) is 22.8 Å². The molecule has 1 aliphatic rings. The molecule has 0 aliphatic carbocycles. The first-order valence-corrected chi connectivity index (χ1v) is 13.7. The smallest absolute Gasteiger partial charge is 0.196 e. The summed E-state index contributed by atoms with van der Waals surface area (Å²) in [6.45, 7) is 15.1. The van der Waals surface area contributed by atoms with E-state index in [2.05, 4.69) is 0 Å². The van der Waals surface area contributed by atoms with Gasteiger partial charge in [0.25, 0.3) is 0 Å². The first kappa shape index (κ1) is 28.0. The second-order valence-corrected chi connectivity index (χ2v) is 14.0. The van der Waals surface area contributed by atoms with Crippen molar-refractivity contribution in [3.8, 4) is 0 Å². The second-order valence-electron chi connectivity index (χ2n) is 10.5. The van der Waals surface area contributed by atoms with Gasteiger partial charge < -0.3 is 0 Å². The number of alkyl halides is 6. The zero-order valence-electron chi connectivity index (χ0n) is 21.4. The van der Waals surface area contributed by atoms with E-state index in [1.165, 1.54) is 18.2 Å². The van der Waals surface area contributed by atoms with Gasteiger partial charge in [-0.2, -0.15) is 30.9 Å². The molecule has 0 fully saturated rings. The molecule has 0 saturated carbocycles. The van der Waals surface area contributed by atoms with Crippen LogP contribution in [0.3, 0.4) is 0 Å². The number of halogens is 6. The third-order valence-corrected chi connectivity index (χ3v) is 11.2. The number of fused-ring (bicyclic) bond motifs is 1. The minimum atomic E-state index is -5.69. The number of hydrogen-bond donors (Lipinski definition) is 0. The Kier molecular flexibility index (Phi) is 7.24. The molecule has 0 radical (unpaired) electrons. The number of rotatable bonds is 5. The maximum Gasteiger partial charge on any atom is 0.435 e.